The predicted molar refractivity (Wildman–Crippen MR) is 81.2 cm³/mol. The third-order valence-electron chi connectivity index (χ3n) is 5.26. The van der Waals surface area contributed by atoms with E-state index in [0.717, 1.165) is 25.7 Å². The van der Waals surface area contributed by atoms with Crippen LogP contribution in [0, 0.1) is 11.8 Å². The third kappa shape index (κ3) is 3.13. The smallest absolute Gasteiger partial charge is 0.0851 e. The molecule has 106 valence electrons. The fourth-order valence-corrected chi connectivity index (χ4v) is 7.91. The number of hydrogen-bond donors (Lipinski definition) is 0. The van der Waals surface area contributed by atoms with Gasteiger partial charge in [-0.05, 0) is 64.2 Å². The SMILES string of the molecule is CP(C)(=O)[C@H]1CC[C@@H]2[C@H](CCC[C@@H]2P(C)(C)=O)C1. The quantitative estimate of drug-likeness (QED) is 0.698. The maximum absolute atomic E-state index is 12.4. The highest BCUT2D eigenvalue weighted by molar-refractivity contribution is 7.63. The molecule has 2 fully saturated rings. The molecule has 2 aliphatic rings. The third-order valence-corrected chi connectivity index (χ3v) is 9.73. The maximum Gasteiger partial charge on any atom is 0.0851 e. The first-order chi connectivity index (χ1) is 8.19. The van der Waals surface area contributed by atoms with Crippen molar-refractivity contribution in [3.63, 3.8) is 0 Å². The Balaban J connectivity index is 2.12. The van der Waals surface area contributed by atoms with Crippen LogP contribution in [0.15, 0.2) is 0 Å². The predicted octanol–water partition coefficient (Wildman–Crippen LogP) is 4.57. The van der Waals surface area contributed by atoms with Crippen LogP contribution in [0.25, 0.3) is 0 Å². The Kier molecular flexibility index (Phi) is 4.21. The second kappa shape index (κ2) is 5.10. The molecule has 0 radical (unpaired) electrons. The van der Waals surface area contributed by atoms with Crippen LogP contribution in [0.2, 0.25) is 0 Å². The molecule has 4 atom stereocenters. The molecule has 18 heavy (non-hydrogen) atoms. The normalized spacial score (nSPS) is 38.2. The van der Waals surface area contributed by atoms with E-state index in [0.29, 0.717) is 23.2 Å². The van der Waals surface area contributed by atoms with Crippen molar-refractivity contribution in [3.8, 4) is 0 Å². The Bertz CT molecular complexity index is 393. The number of fused-ring (bicyclic) bond motifs is 1. The highest BCUT2D eigenvalue weighted by atomic mass is 31.2. The summed E-state index contributed by atoms with van der Waals surface area (Å²) in [6.07, 6.45) is 7.05. The van der Waals surface area contributed by atoms with E-state index in [9.17, 15) is 9.13 Å². The van der Waals surface area contributed by atoms with Gasteiger partial charge in [-0.3, -0.25) is 0 Å². The minimum atomic E-state index is -1.96. The van der Waals surface area contributed by atoms with Crippen LogP contribution >= 0.6 is 14.3 Å². The van der Waals surface area contributed by atoms with Crippen molar-refractivity contribution < 1.29 is 9.13 Å². The summed E-state index contributed by atoms with van der Waals surface area (Å²) in [5.41, 5.74) is 0.885. The summed E-state index contributed by atoms with van der Waals surface area (Å²) < 4.78 is 24.7. The largest absolute Gasteiger partial charge is 0.324 e. The van der Waals surface area contributed by atoms with Crippen molar-refractivity contribution in [2.24, 2.45) is 11.8 Å². The molecule has 0 N–H and O–H groups in total. The maximum atomic E-state index is 12.4. The van der Waals surface area contributed by atoms with Gasteiger partial charge in [0.25, 0.3) is 0 Å². The molecule has 2 nitrogen and oxygen atoms in total. The molecule has 2 saturated carbocycles. The molecule has 0 aromatic carbocycles. The molecule has 2 aliphatic carbocycles. The van der Waals surface area contributed by atoms with Gasteiger partial charge in [-0.1, -0.05) is 12.8 Å². The molecule has 0 amide bonds. The number of hydrogen-bond acceptors (Lipinski definition) is 2. The van der Waals surface area contributed by atoms with Gasteiger partial charge in [0.1, 0.15) is 0 Å². The summed E-state index contributed by atoms with van der Waals surface area (Å²) in [4.78, 5) is 0. The fourth-order valence-electron chi connectivity index (χ4n) is 4.24. The first kappa shape index (κ1) is 14.9. The molecule has 0 aromatic heterocycles. The summed E-state index contributed by atoms with van der Waals surface area (Å²) in [6, 6.07) is 0. The molecule has 0 heterocycles. The summed E-state index contributed by atoms with van der Waals surface area (Å²) in [5, 5.41) is 0. The second-order valence-corrected chi connectivity index (χ2v) is 14.4. The van der Waals surface area contributed by atoms with Crippen molar-refractivity contribution in [2.75, 3.05) is 26.7 Å². The van der Waals surface area contributed by atoms with E-state index in [1.54, 1.807) is 0 Å². The Morgan fingerprint density at radius 2 is 1.50 bits per heavy atom. The lowest BCUT2D eigenvalue weighted by molar-refractivity contribution is 0.175. The van der Waals surface area contributed by atoms with Crippen molar-refractivity contribution >= 4 is 14.3 Å². The molecule has 0 bridgehead atoms. The lowest BCUT2D eigenvalue weighted by Crippen LogP contribution is -2.38. The van der Waals surface area contributed by atoms with Gasteiger partial charge in [0.2, 0.25) is 0 Å². The van der Waals surface area contributed by atoms with E-state index < -0.39 is 14.3 Å². The van der Waals surface area contributed by atoms with Gasteiger partial charge >= 0.3 is 0 Å². The summed E-state index contributed by atoms with van der Waals surface area (Å²) >= 11 is 0. The molecule has 2 rings (SSSR count). The summed E-state index contributed by atoms with van der Waals surface area (Å²) in [5.74, 6) is 1.35. The Morgan fingerprint density at radius 3 is 2.06 bits per heavy atom. The van der Waals surface area contributed by atoms with E-state index >= 15 is 0 Å². The van der Waals surface area contributed by atoms with Crippen LogP contribution < -0.4 is 0 Å². The fraction of sp³-hybridized carbons (Fsp3) is 1.00. The lowest BCUT2D eigenvalue weighted by Gasteiger charge is -2.46. The van der Waals surface area contributed by atoms with Gasteiger partial charge in [-0.25, -0.2) is 0 Å². The first-order valence-corrected chi connectivity index (χ1v) is 12.6. The molecule has 4 heteroatoms. The zero-order chi connectivity index (χ0) is 13.6. The summed E-state index contributed by atoms with van der Waals surface area (Å²) in [6.45, 7) is 7.83. The van der Waals surface area contributed by atoms with Crippen LogP contribution in [0.3, 0.4) is 0 Å². The van der Waals surface area contributed by atoms with E-state index in [-0.39, 0.29) is 0 Å². The minimum Gasteiger partial charge on any atom is -0.324 e. The Morgan fingerprint density at radius 1 is 0.833 bits per heavy atom. The standard InChI is InChI=1S/C14H28O2P2/c1-17(2,15)12-8-9-13-11(10-12)6-5-7-14(13)18(3,4)16/h11-14H,5-10H2,1-4H3/t11-,12+,13-,14+/m1/s1. The highest BCUT2D eigenvalue weighted by Gasteiger charge is 2.44. The zero-order valence-electron chi connectivity index (χ0n) is 12.3. The first-order valence-electron chi connectivity index (χ1n) is 7.29. The van der Waals surface area contributed by atoms with Crippen molar-refractivity contribution in [2.45, 2.75) is 49.8 Å². The van der Waals surface area contributed by atoms with Crippen molar-refractivity contribution in [1.82, 2.24) is 0 Å². The Labute approximate surface area is 112 Å². The molecular formula is C14H28O2P2. The van der Waals surface area contributed by atoms with Gasteiger partial charge < -0.3 is 9.13 Å². The van der Waals surface area contributed by atoms with Crippen molar-refractivity contribution in [3.05, 3.63) is 0 Å². The van der Waals surface area contributed by atoms with Crippen LogP contribution in [0.5, 0.6) is 0 Å². The van der Waals surface area contributed by atoms with Crippen LogP contribution in [0.4, 0.5) is 0 Å². The molecule has 0 unspecified atom stereocenters. The van der Waals surface area contributed by atoms with E-state index in [4.69, 9.17) is 0 Å². The van der Waals surface area contributed by atoms with Crippen LogP contribution in [-0.4, -0.2) is 38.0 Å². The number of rotatable bonds is 2. The van der Waals surface area contributed by atoms with E-state index in [1.165, 1.54) is 12.8 Å². The average Bonchev–Trinajstić information content (AvgIpc) is 2.25. The van der Waals surface area contributed by atoms with Crippen LogP contribution in [0.1, 0.15) is 38.5 Å². The van der Waals surface area contributed by atoms with Crippen LogP contribution in [-0.2, 0) is 9.13 Å². The van der Waals surface area contributed by atoms with E-state index in [1.807, 2.05) is 26.7 Å². The topological polar surface area (TPSA) is 34.1 Å². The minimum absolute atomic E-state index is 0.436. The monoisotopic (exact) mass is 290 g/mol. The lowest BCUT2D eigenvalue weighted by atomic mass is 9.70. The van der Waals surface area contributed by atoms with Gasteiger partial charge in [0.15, 0.2) is 0 Å². The molecule has 0 saturated heterocycles. The molecule has 0 aromatic rings. The second-order valence-electron chi connectivity index (χ2n) is 7.26. The van der Waals surface area contributed by atoms with Gasteiger partial charge in [0.05, 0.1) is 14.3 Å². The molecular weight excluding hydrogens is 262 g/mol. The molecule has 0 aliphatic heterocycles. The van der Waals surface area contributed by atoms with Crippen molar-refractivity contribution in [1.29, 1.82) is 0 Å². The van der Waals surface area contributed by atoms with Gasteiger partial charge in [-0.15, -0.1) is 0 Å². The zero-order valence-corrected chi connectivity index (χ0v) is 14.1. The van der Waals surface area contributed by atoms with Gasteiger partial charge in [-0.2, -0.15) is 0 Å². The van der Waals surface area contributed by atoms with Gasteiger partial charge in [0, 0.05) is 11.3 Å². The molecule has 0 spiro atoms. The highest BCUT2D eigenvalue weighted by Crippen LogP contribution is 2.59. The van der Waals surface area contributed by atoms with E-state index in [2.05, 4.69) is 0 Å². The average molecular weight is 290 g/mol. The Hall–Kier alpha value is 0.460. The summed E-state index contributed by atoms with van der Waals surface area (Å²) in [7, 11) is -3.89.